The molecule has 10 rings (SSSR count). The highest BCUT2D eigenvalue weighted by Gasteiger charge is 2.74. The van der Waals surface area contributed by atoms with Crippen molar-refractivity contribution in [2.45, 2.75) is 83.1 Å². The Hall–Kier alpha value is -3.91. The molecule has 6 aliphatic rings. The summed E-state index contributed by atoms with van der Waals surface area (Å²) in [5.41, 5.74) is 1.83. The molecule has 4 aromatic carbocycles. The smallest absolute Gasteiger partial charge is 0.190 e. The van der Waals surface area contributed by atoms with Crippen molar-refractivity contribution in [3.05, 3.63) is 132 Å². The van der Waals surface area contributed by atoms with E-state index in [2.05, 4.69) is 79.4 Å². The number of nitrogens with zero attached hydrogens (tertiary/aromatic N) is 1. The third-order valence-electron chi connectivity index (χ3n) is 15.7. The minimum atomic E-state index is -1.10. The molecule has 0 aliphatic heterocycles. The Labute approximate surface area is 325 Å². The Morgan fingerprint density at radius 3 is 2.33 bits per heavy atom. The zero-order valence-electron chi connectivity index (χ0n) is 32.2. The Balaban J connectivity index is 1.14. The first-order chi connectivity index (χ1) is 26.5. The number of Topliss-reactive ketones (excluding diaryl/α,β-unsaturated/α-hetero) is 1. The van der Waals surface area contributed by atoms with Crippen molar-refractivity contribution in [1.82, 2.24) is 4.90 Å². The van der Waals surface area contributed by atoms with Crippen molar-refractivity contribution in [3.63, 3.8) is 0 Å². The predicted molar refractivity (Wildman–Crippen MR) is 217 cm³/mol. The molecule has 4 N–H and O–H groups in total. The summed E-state index contributed by atoms with van der Waals surface area (Å²) in [6.07, 6.45) is 11.0. The molecule has 2 bridgehead atoms. The molecule has 4 aromatic rings. The van der Waals surface area contributed by atoms with E-state index in [1.165, 1.54) is 0 Å². The maximum Gasteiger partial charge on any atom is 0.190 e. The van der Waals surface area contributed by atoms with Crippen LogP contribution in [0.3, 0.4) is 0 Å². The van der Waals surface area contributed by atoms with Gasteiger partial charge in [-0.2, -0.15) is 0 Å². The summed E-state index contributed by atoms with van der Waals surface area (Å²) in [5, 5.41) is 47.5. The lowest BCUT2D eigenvalue weighted by Crippen LogP contribution is -2.67. The van der Waals surface area contributed by atoms with Crippen molar-refractivity contribution in [1.29, 1.82) is 0 Å². The zero-order chi connectivity index (χ0) is 38.2. The summed E-state index contributed by atoms with van der Waals surface area (Å²) >= 11 is 0. The monoisotopic (exact) mass is 737 g/mol. The summed E-state index contributed by atoms with van der Waals surface area (Å²) in [6.45, 7) is 5.45. The topological polar surface area (TPSA) is 101 Å². The summed E-state index contributed by atoms with van der Waals surface area (Å²) in [7, 11) is 0. The Morgan fingerprint density at radius 2 is 1.51 bits per heavy atom. The molecule has 286 valence electrons. The minimum absolute atomic E-state index is 0.00299. The fourth-order valence-electron chi connectivity index (χ4n) is 12.9. The van der Waals surface area contributed by atoms with E-state index in [4.69, 9.17) is 0 Å². The van der Waals surface area contributed by atoms with Crippen LogP contribution in [0.2, 0.25) is 0 Å². The molecule has 6 aliphatic carbocycles. The quantitative estimate of drug-likeness (QED) is 0.0969. The van der Waals surface area contributed by atoms with Crippen molar-refractivity contribution >= 4 is 16.6 Å². The number of carbonyl (C=O) groups is 1. The number of allylic oxidation sites excluding steroid dienone is 4. The lowest BCUT2D eigenvalue weighted by molar-refractivity contribution is -0.177. The second-order valence-corrected chi connectivity index (χ2v) is 18.2. The van der Waals surface area contributed by atoms with Crippen LogP contribution in [0.15, 0.2) is 121 Å². The third-order valence-corrected chi connectivity index (χ3v) is 15.7. The first-order valence-corrected chi connectivity index (χ1v) is 20.5. The number of aliphatic hydroxyl groups is 4. The summed E-state index contributed by atoms with van der Waals surface area (Å²) in [5.74, 6) is 0.246. The van der Waals surface area contributed by atoms with Gasteiger partial charge in [0.25, 0.3) is 0 Å². The fourth-order valence-corrected chi connectivity index (χ4v) is 12.9. The van der Waals surface area contributed by atoms with E-state index in [-0.39, 0.29) is 36.2 Å². The fraction of sp³-hybridized carbons (Fsp3) is 0.449. The first-order valence-electron chi connectivity index (χ1n) is 20.5. The van der Waals surface area contributed by atoms with Crippen LogP contribution in [0.5, 0.6) is 0 Å². The van der Waals surface area contributed by atoms with Crippen LogP contribution in [-0.2, 0) is 6.54 Å². The summed E-state index contributed by atoms with van der Waals surface area (Å²) in [4.78, 5) is 17.6. The number of aliphatic hydroxyl groups excluding tert-OH is 3. The number of carbonyl (C=O) groups excluding carboxylic acids is 1. The first kappa shape index (κ1) is 36.7. The summed E-state index contributed by atoms with van der Waals surface area (Å²) < 4.78 is 0. The molecular weight excluding hydrogens is 683 g/mol. The van der Waals surface area contributed by atoms with Crippen LogP contribution in [0.25, 0.3) is 21.9 Å². The predicted octanol–water partition coefficient (Wildman–Crippen LogP) is 8.14. The van der Waals surface area contributed by atoms with Gasteiger partial charge in [-0.05, 0) is 89.7 Å². The molecule has 0 radical (unpaired) electrons. The van der Waals surface area contributed by atoms with Gasteiger partial charge in [0.15, 0.2) is 5.78 Å². The number of rotatable bonds is 10. The van der Waals surface area contributed by atoms with Crippen LogP contribution in [-0.4, -0.2) is 68.6 Å². The van der Waals surface area contributed by atoms with Gasteiger partial charge in [-0.3, -0.25) is 9.69 Å². The van der Waals surface area contributed by atoms with Crippen molar-refractivity contribution in [2.75, 3.05) is 19.7 Å². The van der Waals surface area contributed by atoms with Crippen LogP contribution < -0.4 is 0 Å². The van der Waals surface area contributed by atoms with Gasteiger partial charge in [0.05, 0.1) is 24.4 Å². The number of hydrogen-bond donors (Lipinski definition) is 4. The lowest BCUT2D eigenvalue weighted by Gasteiger charge is -2.71. The molecular formula is C49H55NO5. The van der Waals surface area contributed by atoms with Gasteiger partial charge >= 0.3 is 0 Å². The largest absolute Gasteiger partial charge is 0.394 e. The normalized spacial score (nSPS) is 35.3. The van der Waals surface area contributed by atoms with Gasteiger partial charge in [-0.25, -0.2) is 0 Å². The number of fused-ring (bicyclic) bond motifs is 2. The maximum absolute atomic E-state index is 15.5. The van der Waals surface area contributed by atoms with Gasteiger partial charge in [0, 0.05) is 47.0 Å². The third kappa shape index (κ3) is 5.43. The molecule has 55 heavy (non-hydrogen) atoms. The van der Waals surface area contributed by atoms with Gasteiger partial charge in [-0.15, -0.1) is 0 Å². The molecule has 0 heterocycles. The maximum atomic E-state index is 15.5. The van der Waals surface area contributed by atoms with E-state index in [1.807, 2.05) is 54.6 Å². The average molecular weight is 738 g/mol. The molecule has 0 saturated heterocycles. The standard InChI is InChI=1S/C49H55NO5/c1-45-22-19-36(52)27-47(45)25-26-49(41(28-47)44(54)40-18-9-8-17-39(40)34-11-4-3-5-12-34)42(45)20-23-46(2)43(49)21-24-48(46,55)32-50(30-37(53)31-51)29-35-15-10-14-33-13-6-7-16-38(33)35/h3-18,25-26,28,36-37,42-43,51-53,55H,19-24,27,29-32H2,1-2H3/t36?,37-,42+,43+,45+,46-,47-,48+,49+/m0/s1. The van der Waals surface area contributed by atoms with Crippen LogP contribution in [0, 0.1) is 33.5 Å². The highest BCUT2D eigenvalue weighted by molar-refractivity contribution is 6.14. The molecule has 2 spiro atoms. The van der Waals surface area contributed by atoms with Gasteiger partial charge < -0.3 is 20.4 Å². The molecule has 3 saturated carbocycles. The van der Waals surface area contributed by atoms with Gasteiger partial charge in [0.1, 0.15) is 0 Å². The SMILES string of the molecule is C[C@]12CC[C@H]3[C@]4(C=C[C@@]5(C=C4C(=O)c4ccccc4-c4ccccc4)CC(O)CC[C@]35C)[C@@H]1CC[C@@]2(O)CN(Cc1cccc2ccccc12)C[C@H](O)CO. The Morgan fingerprint density at radius 1 is 0.818 bits per heavy atom. The van der Waals surface area contributed by atoms with E-state index in [1.54, 1.807) is 0 Å². The molecule has 0 amide bonds. The van der Waals surface area contributed by atoms with Crippen LogP contribution >= 0.6 is 0 Å². The minimum Gasteiger partial charge on any atom is -0.394 e. The van der Waals surface area contributed by atoms with E-state index in [9.17, 15) is 20.4 Å². The van der Waals surface area contributed by atoms with Crippen molar-refractivity contribution in [3.8, 4) is 11.1 Å². The molecule has 6 heteroatoms. The molecule has 6 nitrogen and oxygen atoms in total. The summed E-state index contributed by atoms with van der Waals surface area (Å²) in [6, 6.07) is 32.7. The van der Waals surface area contributed by atoms with E-state index in [0.717, 1.165) is 65.1 Å². The van der Waals surface area contributed by atoms with E-state index < -0.39 is 34.1 Å². The number of hydrogen-bond acceptors (Lipinski definition) is 6. The second kappa shape index (κ2) is 13.3. The molecule has 3 fully saturated rings. The van der Waals surface area contributed by atoms with Crippen molar-refractivity contribution < 1.29 is 25.2 Å². The van der Waals surface area contributed by atoms with Crippen LogP contribution in [0.1, 0.15) is 74.7 Å². The van der Waals surface area contributed by atoms with Crippen molar-refractivity contribution in [2.24, 2.45) is 33.5 Å². The van der Waals surface area contributed by atoms with Gasteiger partial charge in [0.2, 0.25) is 0 Å². The van der Waals surface area contributed by atoms with E-state index in [0.29, 0.717) is 31.5 Å². The average Bonchev–Trinajstić information content (AvgIpc) is 3.47. The van der Waals surface area contributed by atoms with E-state index >= 15 is 4.79 Å². The zero-order valence-corrected chi connectivity index (χ0v) is 32.2. The molecule has 0 aromatic heterocycles. The second-order valence-electron chi connectivity index (χ2n) is 18.2. The number of benzene rings is 4. The Bertz CT molecular complexity index is 2170. The van der Waals surface area contributed by atoms with Crippen LogP contribution in [0.4, 0.5) is 0 Å². The highest BCUT2D eigenvalue weighted by atomic mass is 16.3. The molecule has 1 unspecified atom stereocenters. The molecule has 9 atom stereocenters. The number of ketones is 1. The Kier molecular flexibility index (Phi) is 8.91. The van der Waals surface area contributed by atoms with Gasteiger partial charge in [-0.1, -0.05) is 129 Å². The lowest BCUT2D eigenvalue weighted by atomic mass is 9.32. The highest BCUT2D eigenvalue weighted by Crippen LogP contribution is 2.78.